The Labute approximate surface area is 127 Å². The van der Waals surface area contributed by atoms with Crippen LogP contribution in [0.4, 0.5) is 0 Å². The van der Waals surface area contributed by atoms with Gasteiger partial charge in [-0.3, -0.25) is 0 Å². The van der Waals surface area contributed by atoms with Crippen LogP contribution in [-0.4, -0.2) is 20.3 Å². The predicted octanol–water partition coefficient (Wildman–Crippen LogP) is 4.31. The van der Waals surface area contributed by atoms with Crippen molar-refractivity contribution in [2.75, 3.05) is 20.3 Å². The SMILES string of the molecule is CNC(COCC1CCCC1)c1cccc2ccccc12. The van der Waals surface area contributed by atoms with E-state index >= 15 is 0 Å². The standard InChI is InChI=1S/C19H25NO/c1-20-19(14-21-13-15-7-2-3-8-15)18-12-6-10-16-9-4-5-11-17(16)18/h4-6,9-12,15,19-20H,2-3,7-8,13-14H2,1H3. The molecule has 2 aromatic carbocycles. The maximum atomic E-state index is 6.01. The van der Waals surface area contributed by atoms with Gasteiger partial charge in [0.15, 0.2) is 0 Å². The summed E-state index contributed by atoms with van der Waals surface area (Å²) in [5, 5.41) is 6.03. The fourth-order valence-corrected chi connectivity index (χ4v) is 3.41. The lowest BCUT2D eigenvalue weighted by Gasteiger charge is -2.20. The van der Waals surface area contributed by atoms with Crippen molar-refractivity contribution < 1.29 is 4.74 Å². The molecule has 1 aliphatic rings. The molecule has 0 aromatic heterocycles. The average Bonchev–Trinajstić information content (AvgIpc) is 3.05. The highest BCUT2D eigenvalue weighted by Crippen LogP contribution is 2.27. The van der Waals surface area contributed by atoms with E-state index in [-0.39, 0.29) is 6.04 Å². The van der Waals surface area contributed by atoms with Crippen LogP contribution in [0.1, 0.15) is 37.3 Å². The molecule has 0 heterocycles. The normalized spacial score (nSPS) is 17.4. The maximum absolute atomic E-state index is 6.01. The van der Waals surface area contributed by atoms with Gasteiger partial charge in [0.05, 0.1) is 12.6 Å². The van der Waals surface area contributed by atoms with E-state index in [9.17, 15) is 0 Å². The van der Waals surface area contributed by atoms with Crippen molar-refractivity contribution in [2.24, 2.45) is 5.92 Å². The van der Waals surface area contributed by atoms with Gasteiger partial charge in [-0.2, -0.15) is 0 Å². The van der Waals surface area contributed by atoms with Crippen LogP contribution in [0.2, 0.25) is 0 Å². The molecule has 0 bridgehead atoms. The zero-order valence-electron chi connectivity index (χ0n) is 12.8. The molecule has 1 atom stereocenters. The van der Waals surface area contributed by atoms with E-state index in [4.69, 9.17) is 4.74 Å². The van der Waals surface area contributed by atoms with E-state index in [1.807, 2.05) is 7.05 Å². The minimum Gasteiger partial charge on any atom is -0.379 e. The van der Waals surface area contributed by atoms with Gasteiger partial charge in [-0.1, -0.05) is 55.3 Å². The minimum absolute atomic E-state index is 0.262. The minimum atomic E-state index is 0.262. The Hall–Kier alpha value is -1.38. The van der Waals surface area contributed by atoms with Crippen molar-refractivity contribution in [2.45, 2.75) is 31.7 Å². The summed E-state index contributed by atoms with van der Waals surface area (Å²) in [6.45, 7) is 1.67. The third-order valence-electron chi connectivity index (χ3n) is 4.66. The summed E-state index contributed by atoms with van der Waals surface area (Å²) < 4.78 is 6.01. The second-order valence-corrected chi connectivity index (χ2v) is 6.10. The molecule has 0 aliphatic heterocycles. The summed E-state index contributed by atoms with van der Waals surface area (Å²) >= 11 is 0. The lowest BCUT2D eigenvalue weighted by molar-refractivity contribution is 0.0847. The number of nitrogens with one attached hydrogen (secondary N) is 1. The van der Waals surface area contributed by atoms with Crippen molar-refractivity contribution in [3.63, 3.8) is 0 Å². The van der Waals surface area contributed by atoms with Crippen molar-refractivity contribution in [1.29, 1.82) is 0 Å². The van der Waals surface area contributed by atoms with Gasteiger partial charge in [0.25, 0.3) is 0 Å². The molecule has 0 amide bonds. The molecular formula is C19H25NO. The Kier molecular flexibility index (Phi) is 4.89. The lowest BCUT2D eigenvalue weighted by Crippen LogP contribution is -2.23. The number of ether oxygens (including phenoxy) is 1. The van der Waals surface area contributed by atoms with Crippen LogP contribution in [0, 0.1) is 5.92 Å². The number of rotatable bonds is 6. The topological polar surface area (TPSA) is 21.3 Å². The summed E-state index contributed by atoms with van der Waals surface area (Å²) in [5.74, 6) is 0.787. The Balaban J connectivity index is 1.69. The summed E-state index contributed by atoms with van der Waals surface area (Å²) in [4.78, 5) is 0. The molecule has 1 unspecified atom stereocenters. The van der Waals surface area contributed by atoms with Crippen molar-refractivity contribution in [1.82, 2.24) is 5.32 Å². The Bertz CT molecular complexity index is 569. The molecule has 0 radical (unpaired) electrons. The Morgan fingerprint density at radius 1 is 1.10 bits per heavy atom. The third kappa shape index (κ3) is 3.45. The summed E-state index contributed by atoms with van der Waals surface area (Å²) in [6, 6.07) is 15.4. The zero-order chi connectivity index (χ0) is 14.5. The van der Waals surface area contributed by atoms with E-state index in [0.29, 0.717) is 0 Å². The summed E-state index contributed by atoms with van der Waals surface area (Å²) in [5.41, 5.74) is 1.34. The molecule has 1 saturated carbocycles. The molecule has 1 fully saturated rings. The third-order valence-corrected chi connectivity index (χ3v) is 4.66. The van der Waals surface area contributed by atoms with Crippen LogP contribution in [-0.2, 0) is 4.74 Å². The molecule has 0 spiro atoms. The van der Waals surface area contributed by atoms with E-state index in [1.54, 1.807) is 0 Å². The van der Waals surface area contributed by atoms with Gasteiger partial charge < -0.3 is 10.1 Å². The van der Waals surface area contributed by atoms with Crippen LogP contribution in [0.5, 0.6) is 0 Å². The highest BCUT2D eigenvalue weighted by molar-refractivity contribution is 5.86. The first-order valence-corrected chi connectivity index (χ1v) is 8.11. The number of fused-ring (bicyclic) bond motifs is 1. The first kappa shape index (κ1) is 14.6. The molecular weight excluding hydrogens is 258 g/mol. The molecule has 1 aliphatic carbocycles. The fourth-order valence-electron chi connectivity index (χ4n) is 3.41. The van der Waals surface area contributed by atoms with Gasteiger partial charge in [0.2, 0.25) is 0 Å². The molecule has 0 saturated heterocycles. The molecule has 2 aromatic rings. The van der Waals surface area contributed by atoms with Crippen LogP contribution in [0.25, 0.3) is 10.8 Å². The quantitative estimate of drug-likeness (QED) is 0.853. The van der Waals surface area contributed by atoms with E-state index in [1.165, 1.54) is 42.0 Å². The van der Waals surface area contributed by atoms with Crippen molar-refractivity contribution in [3.05, 3.63) is 48.0 Å². The number of hydrogen-bond donors (Lipinski definition) is 1. The molecule has 112 valence electrons. The predicted molar refractivity (Wildman–Crippen MR) is 88.5 cm³/mol. The number of hydrogen-bond acceptors (Lipinski definition) is 2. The maximum Gasteiger partial charge on any atom is 0.0661 e. The first-order chi connectivity index (χ1) is 10.4. The van der Waals surface area contributed by atoms with Crippen LogP contribution >= 0.6 is 0 Å². The number of benzene rings is 2. The molecule has 2 heteroatoms. The van der Waals surface area contributed by atoms with Crippen molar-refractivity contribution in [3.8, 4) is 0 Å². The summed E-state index contributed by atoms with van der Waals surface area (Å²) in [7, 11) is 2.02. The van der Waals surface area contributed by atoms with Gasteiger partial charge in [-0.05, 0) is 42.1 Å². The largest absolute Gasteiger partial charge is 0.379 e. The average molecular weight is 283 g/mol. The van der Waals surface area contributed by atoms with Gasteiger partial charge in [0, 0.05) is 6.61 Å². The first-order valence-electron chi connectivity index (χ1n) is 8.11. The van der Waals surface area contributed by atoms with Gasteiger partial charge in [0.1, 0.15) is 0 Å². The highest BCUT2D eigenvalue weighted by Gasteiger charge is 2.17. The molecule has 3 rings (SSSR count). The second-order valence-electron chi connectivity index (χ2n) is 6.10. The molecule has 2 nitrogen and oxygen atoms in total. The summed E-state index contributed by atoms with van der Waals surface area (Å²) in [6.07, 6.45) is 5.45. The monoisotopic (exact) mass is 283 g/mol. The molecule has 1 N–H and O–H groups in total. The van der Waals surface area contributed by atoms with Crippen LogP contribution in [0.3, 0.4) is 0 Å². The van der Waals surface area contributed by atoms with Crippen LogP contribution in [0.15, 0.2) is 42.5 Å². The highest BCUT2D eigenvalue weighted by atomic mass is 16.5. The fraction of sp³-hybridized carbons (Fsp3) is 0.474. The van der Waals surface area contributed by atoms with Gasteiger partial charge in [-0.25, -0.2) is 0 Å². The zero-order valence-corrected chi connectivity index (χ0v) is 12.8. The van der Waals surface area contributed by atoms with Gasteiger partial charge in [-0.15, -0.1) is 0 Å². The second kappa shape index (κ2) is 7.06. The van der Waals surface area contributed by atoms with Gasteiger partial charge >= 0.3 is 0 Å². The number of likely N-dealkylation sites (N-methyl/N-ethyl adjacent to an activating group) is 1. The van der Waals surface area contributed by atoms with E-state index in [2.05, 4.69) is 47.8 Å². The van der Waals surface area contributed by atoms with E-state index in [0.717, 1.165) is 19.1 Å². The molecule has 21 heavy (non-hydrogen) atoms. The van der Waals surface area contributed by atoms with Crippen molar-refractivity contribution >= 4 is 10.8 Å². The Morgan fingerprint density at radius 2 is 1.86 bits per heavy atom. The van der Waals surface area contributed by atoms with Crippen LogP contribution < -0.4 is 5.32 Å². The van der Waals surface area contributed by atoms with E-state index < -0.39 is 0 Å². The smallest absolute Gasteiger partial charge is 0.0661 e. The lowest BCUT2D eigenvalue weighted by atomic mass is 9.99. The Morgan fingerprint density at radius 3 is 2.67 bits per heavy atom.